The molecule has 1 aliphatic rings. The molecule has 2 heterocycles. The average Bonchev–Trinajstić information content (AvgIpc) is 3.42. The smallest absolute Gasteiger partial charge is 0.213 e. The second kappa shape index (κ2) is 11.8. The Bertz CT molecular complexity index is 728. The first-order valence-electron chi connectivity index (χ1n) is 9.75. The van der Waals surface area contributed by atoms with Crippen molar-refractivity contribution in [2.75, 3.05) is 19.7 Å². The van der Waals surface area contributed by atoms with Gasteiger partial charge in [0.2, 0.25) is 5.88 Å². The van der Waals surface area contributed by atoms with Crippen LogP contribution < -0.4 is 15.4 Å². The molecular formula is C19H30IN7O. The van der Waals surface area contributed by atoms with Crippen molar-refractivity contribution in [1.29, 1.82) is 0 Å². The first-order chi connectivity index (χ1) is 13.3. The number of pyridine rings is 1. The number of hydrogen-bond donors (Lipinski definition) is 2. The summed E-state index contributed by atoms with van der Waals surface area (Å²) in [6.07, 6.45) is 7.04. The molecule has 9 heteroatoms. The second-order valence-electron chi connectivity index (χ2n) is 6.68. The van der Waals surface area contributed by atoms with E-state index in [4.69, 9.17) is 4.74 Å². The number of nitrogens with zero attached hydrogens (tertiary/aromatic N) is 5. The van der Waals surface area contributed by atoms with Crippen LogP contribution in [0.2, 0.25) is 0 Å². The number of guanidine groups is 1. The Balaban J connectivity index is 0.00000280. The predicted molar refractivity (Wildman–Crippen MR) is 120 cm³/mol. The standard InChI is InChI=1S/C19H29N7O.HI/c1-3-17-25-24-14-26(17)10-9-21-19(20-4-2)23-12-16-7-8-18(22-11-16)27-13-15-5-6-15;/h7-8,11,14-15H,3-6,9-10,12-13H2,1-2H3,(H2,20,21,23);1H. The molecular weight excluding hydrogens is 469 g/mol. The number of ether oxygens (including phenoxy) is 1. The van der Waals surface area contributed by atoms with Crippen LogP contribution in [-0.2, 0) is 19.5 Å². The van der Waals surface area contributed by atoms with E-state index in [9.17, 15) is 0 Å². The fourth-order valence-electron chi connectivity index (χ4n) is 2.62. The maximum Gasteiger partial charge on any atom is 0.213 e. The maximum atomic E-state index is 5.67. The van der Waals surface area contributed by atoms with Gasteiger partial charge in [0.25, 0.3) is 0 Å². The molecule has 0 atom stereocenters. The highest BCUT2D eigenvalue weighted by Gasteiger charge is 2.21. The zero-order chi connectivity index (χ0) is 18.9. The number of aliphatic imine (C=N–C) groups is 1. The van der Waals surface area contributed by atoms with Crippen molar-refractivity contribution in [3.63, 3.8) is 0 Å². The van der Waals surface area contributed by atoms with Gasteiger partial charge in [-0.15, -0.1) is 34.2 Å². The van der Waals surface area contributed by atoms with Gasteiger partial charge in [-0.05, 0) is 31.2 Å². The van der Waals surface area contributed by atoms with Gasteiger partial charge in [0.05, 0.1) is 13.2 Å². The molecule has 1 saturated carbocycles. The number of rotatable bonds is 10. The van der Waals surface area contributed by atoms with Crippen molar-refractivity contribution in [2.24, 2.45) is 10.9 Å². The first-order valence-corrected chi connectivity index (χ1v) is 9.75. The number of halogens is 1. The lowest BCUT2D eigenvalue weighted by Gasteiger charge is -2.12. The summed E-state index contributed by atoms with van der Waals surface area (Å²) in [4.78, 5) is 9.00. The summed E-state index contributed by atoms with van der Waals surface area (Å²) in [6.45, 7) is 7.85. The van der Waals surface area contributed by atoms with E-state index >= 15 is 0 Å². The molecule has 8 nitrogen and oxygen atoms in total. The molecule has 1 fully saturated rings. The molecule has 2 N–H and O–H groups in total. The Labute approximate surface area is 183 Å². The second-order valence-corrected chi connectivity index (χ2v) is 6.68. The topological polar surface area (TPSA) is 89.3 Å². The van der Waals surface area contributed by atoms with E-state index in [1.807, 2.05) is 18.3 Å². The predicted octanol–water partition coefficient (Wildman–Crippen LogP) is 2.40. The largest absolute Gasteiger partial charge is 0.477 e. The summed E-state index contributed by atoms with van der Waals surface area (Å²) in [5.41, 5.74) is 1.05. The molecule has 0 bridgehead atoms. The molecule has 3 rings (SSSR count). The van der Waals surface area contributed by atoms with Crippen LogP contribution in [-0.4, -0.2) is 45.4 Å². The van der Waals surface area contributed by atoms with Crippen LogP contribution >= 0.6 is 24.0 Å². The number of hydrogen-bond acceptors (Lipinski definition) is 5. The summed E-state index contributed by atoms with van der Waals surface area (Å²) >= 11 is 0. The van der Waals surface area contributed by atoms with Crippen LogP contribution in [0.4, 0.5) is 0 Å². The Hall–Kier alpha value is -1.91. The molecule has 28 heavy (non-hydrogen) atoms. The number of nitrogens with one attached hydrogen (secondary N) is 2. The molecule has 0 saturated heterocycles. The quantitative estimate of drug-likeness (QED) is 0.297. The van der Waals surface area contributed by atoms with Gasteiger partial charge in [0, 0.05) is 38.3 Å². The molecule has 0 radical (unpaired) electrons. The van der Waals surface area contributed by atoms with Gasteiger partial charge >= 0.3 is 0 Å². The lowest BCUT2D eigenvalue weighted by Crippen LogP contribution is -2.38. The lowest BCUT2D eigenvalue weighted by atomic mass is 10.3. The van der Waals surface area contributed by atoms with Gasteiger partial charge in [-0.1, -0.05) is 13.0 Å². The third-order valence-corrected chi connectivity index (χ3v) is 4.38. The van der Waals surface area contributed by atoms with E-state index in [0.717, 1.165) is 55.9 Å². The maximum absolute atomic E-state index is 5.67. The van der Waals surface area contributed by atoms with Crippen LogP contribution in [0.1, 0.15) is 38.1 Å². The minimum absolute atomic E-state index is 0. The summed E-state index contributed by atoms with van der Waals surface area (Å²) in [6, 6.07) is 3.94. The summed E-state index contributed by atoms with van der Waals surface area (Å²) in [5.74, 6) is 3.21. The van der Waals surface area contributed by atoms with E-state index in [0.29, 0.717) is 12.4 Å². The first kappa shape index (κ1) is 22.4. The van der Waals surface area contributed by atoms with Gasteiger partial charge in [0.15, 0.2) is 5.96 Å². The third kappa shape index (κ3) is 7.25. The molecule has 0 aromatic carbocycles. The zero-order valence-corrected chi connectivity index (χ0v) is 18.9. The van der Waals surface area contributed by atoms with E-state index in [-0.39, 0.29) is 24.0 Å². The average molecular weight is 499 g/mol. The minimum Gasteiger partial charge on any atom is -0.477 e. The van der Waals surface area contributed by atoms with Gasteiger partial charge < -0.3 is 19.9 Å². The molecule has 1 aliphatic carbocycles. The molecule has 0 unspecified atom stereocenters. The van der Waals surface area contributed by atoms with Crippen LogP contribution in [0.5, 0.6) is 5.88 Å². The lowest BCUT2D eigenvalue weighted by molar-refractivity contribution is 0.288. The van der Waals surface area contributed by atoms with Crippen LogP contribution in [0, 0.1) is 5.92 Å². The van der Waals surface area contributed by atoms with Crippen molar-refractivity contribution in [2.45, 2.75) is 46.2 Å². The molecule has 2 aromatic heterocycles. The van der Waals surface area contributed by atoms with Crippen molar-refractivity contribution in [1.82, 2.24) is 30.4 Å². The normalized spacial score (nSPS) is 13.7. The molecule has 2 aromatic rings. The fraction of sp³-hybridized carbons (Fsp3) is 0.579. The Morgan fingerprint density at radius 1 is 1.29 bits per heavy atom. The highest BCUT2D eigenvalue weighted by molar-refractivity contribution is 14.0. The zero-order valence-electron chi connectivity index (χ0n) is 16.6. The number of aromatic nitrogens is 4. The van der Waals surface area contributed by atoms with Gasteiger partial charge in [-0.3, -0.25) is 0 Å². The van der Waals surface area contributed by atoms with Gasteiger partial charge in [0.1, 0.15) is 12.2 Å². The van der Waals surface area contributed by atoms with Crippen LogP contribution in [0.25, 0.3) is 0 Å². The summed E-state index contributed by atoms with van der Waals surface area (Å²) < 4.78 is 7.73. The third-order valence-electron chi connectivity index (χ3n) is 4.38. The van der Waals surface area contributed by atoms with Crippen molar-refractivity contribution >= 4 is 29.9 Å². The number of aryl methyl sites for hydroxylation is 1. The molecule has 0 spiro atoms. The van der Waals surface area contributed by atoms with E-state index in [1.165, 1.54) is 12.8 Å². The van der Waals surface area contributed by atoms with E-state index < -0.39 is 0 Å². The molecule has 154 valence electrons. The summed E-state index contributed by atoms with van der Waals surface area (Å²) in [7, 11) is 0. The van der Waals surface area contributed by atoms with Crippen LogP contribution in [0.3, 0.4) is 0 Å². The van der Waals surface area contributed by atoms with Crippen molar-refractivity contribution in [3.8, 4) is 5.88 Å². The SMILES string of the molecule is CCNC(=NCc1ccc(OCC2CC2)nc1)NCCn1cnnc1CC.I. The molecule has 0 amide bonds. The molecule has 0 aliphatic heterocycles. The monoisotopic (exact) mass is 499 g/mol. The van der Waals surface area contributed by atoms with Crippen molar-refractivity contribution < 1.29 is 4.74 Å². The van der Waals surface area contributed by atoms with E-state index in [2.05, 4.69) is 49.2 Å². The Morgan fingerprint density at radius 3 is 2.82 bits per heavy atom. The summed E-state index contributed by atoms with van der Waals surface area (Å²) in [5, 5.41) is 14.7. The van der Waals surface area contributed by atoms with Gasteiger partial charge in [-0.2, -0.15) is 0 Å². The fourth-order valence-corrected chi connectivity index (χ4v) is 2.62. The van der Waals surface area contributed by atoms with Crippen LogP contribution in [0.15, 0.2) is 29.6 Å². The van der Waals surface area contributed by atoms with E-state index in [1.54, 1.807) is 6.33 Å². The Morgan fingerprint density at radius 2 is 2.14 bits per heavy atom. The van der Waals surface area contributed by atoms with Crippen molar-refractivity contribution in [3.05, 3.63) is 36.0 Å². The highest BCUT2D eigenvalue weighted by Crippen LogP contribution is 2.29. The highest BCUT2D eigenvalue weighted by atomic mass is 127. The minimum atomic E-state index is 0. The van der Waals surface area contributed by atoms with Gasteiger partial charge in [-0.25, -0.2) is 9.98 Å². The Kier molecular flexibility index (Phi) is 9.45.